The van der Waals surface area contributed by atoms with Gasteiger partial charge in [-0.25, -0.2) is 8.42 Å². The monoisotopic (exact) mass is 333 g/mol. The quantitative estimate of drug-likeness (QED) is 0.791. The van der Waals surface area contributed by atoms with E-state index in [4.69, 9.17) is 28.5 Å². The fraction of sp³-hybridized carbons (Fsp3) is 0.417. The highest BCUT2D eigenvalue weighted by Crippen LogP contribution is 2.28. The van der Waals surface area contributed by atoms with E-state index in [1.54, 1.807) is 6.07 Å². The van der Waals surface area contributed by atoms with Crippen molar-refractivity contribution < 1.29 is 8.42 Å². The van der Waals surface area contributed by atoms with E-state index in [0.717, 1.165) is 0 Å². The van der Waals surface area contributed by atoms with Crippen LogP contribution in [0.2, 0.25) is 10.0 Å². The summed E-state index contributed by atoms with van der Waals surface area (Å²) >= 11 is 11.8. The number of rotatable bonds is 3. The summed E-state index contributed by atoms with van der Waals surface area (Å²) in [7, 11) is -3.65. The largest absolute Gasteiger partial charge is 0.288 e. The second-order valence-corrected chi connectivity index (χ2v) is 7.16. The topological polar surface area (TPSA) is 64.4 Å². The summed E-state index contributed by atoms with van der Waals surface area (Å²) in [5.41, 5.74) is 0. The van der Waals surface area contributed by atoms with Crippen LogP contribution in [0.25, 0.3) is 0 Å². The fourth-order valence-electron chi connectivity index (χ4n) is 2.04. The van der Waals surface area contributed by atoms with Crippen molar-refractivity contribution in [1.29, 1.82) is 5.26 Å². The van der Waals surface area contributed by atoms with Crippen LogP contribution in [0.1, 0.15) is 0 Å². The van der Waals surface area contributed by atoms with Crippen LogP contribution in [0.15, 0.2) is 23.1 Å². The molecule has 0 saturated carbocycles. The molecule has 1 fully saturated rings. The molecule has 0 unspecified atom stereocenters. The van der Waals surface area contributed by atoms with E-state index < -0.39 is 10.0 Å². The summed E-state index contributed by atoms with van der Waals surface area (Å²) in [5.74, 6) is 0. The second-order valence-electron chi connectivity index (χ2n) is 4.41. The number of sulfonamides is 1. The zero-order chi connectivity index (χ0) is 14.8. The van der Waals surface area contributed by atoms with Gasteiger partial charge >= 0.3 is 0 Å². The summed E-state index contributed by atoms with van der Waals surface area (Å²) in [6.07, 6.45) is 0. The Hall–Kier alpha value is -0.840. The van der Waals surface area contributed by atoms with Gasteiger partial charge in [0.1, 0.15) is 4.90 Å². The van der Waals surface area contributed by atoms with Crippen molar-refractivity contribution in [2.24, 2.45) is 0 Å². The first-order valence-corrected chi connectivity index (χ1v) is 8.19. The maximum Gasteiger partial charge on any atom is 0.244 e. The van der Waals surface area contributed by atoms with Crippen molar-refractivity contribution >= 4 is 33.2 Å². The lowest BCUT2D eigenvalue weighted by Crippen LogP contribution is -2.48. The highest BCUT2D eigenvalue weighted by atomic mass is 35.5. The van der Waals surface area contributed by atoms with Crippen LogP contribution in [0, 0.1) is 11.3 Å². The molecule has 0 bridgehead atoms. The molecule has 1 aromatic carbocycles. The summed E-state index contributed by atoms with van der Waals surface area (Å²) in [6.45, 7) is 2.06. The Bertz CT molecular complexity index is 635. The zero-order valence-electron chi connectivity index (χ0n) is 10.6. The molecule has 108 valence electrons. The van der Waals surface area contributed by atoms with E-state index in [-0.39, 0.29) is 9.92 Å². The van der Waals surface area contributed by atoms with Gasteiger partial charge in [-0.2, -0.15) is 9.57 Å². The highest BCUT2D eigenvalue weighted by molar-refractivity contribution is 7.89. The lowest BCUT2D eigenvalue weighted by Gasteiger charge is -2.32. The third-order valence-corrected chi connectivity index (χ3v) is 5.75. The fourth-order valence-corrected chi connectivity index (χ4v) is 4.20. The van der Waals surface area contributed by atoms with Gasteiger partial charge in [0.25, 0.3) is 0 Å². The molecule has 0 amide bonds. The van der Waals surface area contributed by atoms with Crippen molar-refractivity contribution in [3.63, 3.8) is 0 Å². The Labute approximate surface area is 128 Å². The normalized spacial score (nSPS) is 17.9. The molecular weight excluding hydrogens is 321 g/mol. The van der Waals surface area contributed by atoms with Crippen LogP contribution in [0.3, 0.4) is 0 Å². The molecule has 1 heterocycles. The Kier molecular flexibility index (Phi) is 4.89. The lowest BCUT2D eigenvalue weighted by molar-refractivity contribution is 0.206. The SMILES string of the molecule is N#CCN1CCN(S(=O)(=O)c2cc(Cl)ccc2Cl)CC1. The van der Waals surface area contributed by atoms with E-state index in [2.05, 4.69) is 6.07 Å². The van der Waals surface area contributed by atoms with E-state index in [1.807, 2.05) is 4.90 Å². The van der Waals surface area contributed by atoms with Gasteiger partial charge in [0.15, 0.2) is 0 Å². The molecule has 1 saturated heterocycles. The molecular formula is C12H13Cl2N3O2S. The van der Waals surface area contributed by atoms with Crippen LogP contribution in [0.4, 0.5) is 0 Å². The van der Waals surface area contributed by atoms with Gasteiger partial charge in [-0.1, -0.05) is 23.2 Å². The number of hydrogen-bond acceptors (Lipinski definition) is 4. The van der Waals surface area contributed by atoms with Crippen LogP contribution in [-0.2, 0) is 10.0 Å². The van der Waals surface area contributed by atoms with Crippen molar-refractivity contribution in [3.8, 4) is 6.07 Å². The molecule has 0 spiro atoms. The van der Waals surface area contributed by atoms with Crippen molar-refractivity contribution in [2.75, 3.05) is 32.7 Å². The van der Waals surface area contributed by atoms with Gasteiger partial charge in [-0.15, -0.1) is 0 Å². The molecule has 0 aliphatic carbocycles. The third kappa shape index (κ3) is 3.25. The first-order chi connectivity index (χ1) is 9.45. The molecule has 1 aliphatic rings. The molecule has 8 heteroatoms. The highest BCUT2D eigenvalue weighted by Gasteiger charge is 2.30. The van der Waals surface area contributed by atoms with Crippen LogP contribution >= 0.6 is 23.2 Å². The Morgan fingerprint density at radius 3 is 2.45 bits per heavy atom. The van der Waals surface area contributed by atoms with Crippen LogP contribution in [0.5, 0.6) is 0 Å². The maximum atomic E-state index is 12.5. The van der Waals surface area contributed by atoms with Crippen molar-refractivity contribution in [3.05, 3.63) is 28.2 Å². The van der Waals surface area contributed by atoms with Crippen LogP contribution in [-0.4, -0.2) is 50.3 Å². The number of nitrogens with zero attached hydrogens (tertiary/aromatic N) is 3. The van der Waals surface area contributed by atoms with Gasteiger partial charge in [0.05, 0.1) is 17.6 Å². The molecule has 0 atom stereocenters. The molecule has 1 aliphatic heterocycles. The molecule has 2 rings (SSSR count). The minimum absolute atomic E-state index is 0.0281. The molecule has 0 aromatic heterocycles. The number of piperazine rings is 1. The predicted octanol–water partition coefficient (Wildman–Crippen LogP) is 1.82. The number of hydrogen-bond donors (Lipinski definition) is 0. The van der Waals surface area contributed by atoms with Gasteiger partial charge in [0.2, 0.25) is 10.0 Å². The lowest BCUT2D eigenvalue weighted by atomic mass is 10.4. The smallest absolute Gasteiger partial charge is 0.244 e. The number of nitriles is 1. The Balaban J connectivity index is 2.20. The average Bonchev–Trinajstić information content (AvgIpc) is 2.42. The maximum absolute atomic E-state index is 12.5. The van der Waals surface area contributed by atoms with Gasteiger partial charge in [-0.05, 0) is 18.2 Å². The molecule has 0 radical (unpaired) electrons. The summed E-state index contributed by atoms with van der Waals surface area (Å²) in [4.78, 5) is 1.94. The van der Waals surface area contributed by atoms with Crippen molar-refractivity contribution in [1.82, 2.24) is 9.21 Å². The van der Waals surface area contributed by atoms with E-state index in [9.17, 15) is 8.42 Å². The molecule has 20 heavy (non-hydrogen) atoms. The minimum Gasteiger partial charge on any atom is -0.288 e. The summed E-state index contributed by atoms with van der Waals surface area (Å²) in [6, 6.07) is 6.44. The molecule has 0 N–H and O–H groups in total. The van der Waals surface area contributed by atoms with Crippen molar-refractivity contribution in [2.45, 2.75) is 4.90 Å². The first kappa shape index (κ1) is 15.5. The molecule has 1 aromatic rings. The van der Waals surface area contributed by atoms with E-state index >= 15 is 0 Å². The molecule has 5 nitrogen and oxygen atoms in total. The Morgan fingerprint density at radius 2 is 1.85 bits per heavy atom. The standard InChI is InChI=1S/C12H13Cl2N3O2S/c13-10-1-2-11(14)12(9-10)20(18,19)17-7-5-16(4-3-15)6-8-17/h1-2,9H,4-8H2. The third-order valence-electron chi connectivity index (χ3n) is 3.14. The van der Waals surface area contributed by atoms with Gasteiger partial charge < -0.3 is 0 Å². The van der Waals surface area contributed by atoms with Gasteiger partial charge in [-0.3, -0.25) is 4.90 Å². The predicted molar refractivity (Wildman–Crippen MR) is 77.3 cm³/mol. The van der Waals surface area contributed by atoms with Gasteiger partial charge in [0, 0.05) is 31.2 Å². The number of benzene rings is 1. The first-order valence-electron chi connectivity index (χ1n) is 5.99. The second kappa shape index (κ2) is 6.29. The summed E-state index contributed by atoms with van der Waals surface area (Å²) in [5, 5.41) is 9.12. The zero-order valence-corrected chi connectivity index (χ0v) is 12.9. The summed E-state index contributed by atoms with van der Waals surface area (Å²) < 4.78 is 26.4. The average molecular weight is 334 g/mol. The minimum atomic E-state index is -3.65. The van der Waals surface area contributed by atoms with E-state index in [0.29, 0.717) is 37.7 Å². The Morgan fingerprint density at radius 1 is 1.20 bits per heavy atom. The van der Waals surface area contributed by atoms with Crippen LogP contribution < -0.4 is 0 Å². The van der Waals surface area contributed by atoms with E-state index in [1.165, 1.54) is 16.4 Å². The number of halogens is 2.